The number of amides is 1. The van der Waals surface area contributed by atoms with Crippen molar-refractivity contribution in [2.24, 2.45) is 0 Å². The Morgan fingerprint density at radius 2 is 1.55 bits per heavy atom. The van der Waals surface area contributed by atoms with Crippen LogP contribution >= 0.6 is 0 Å². The summed E-state index contributed by atoms with van der Waals surface area (Å²) < 4.78 is 18.0. The summed E-state index contributed by atoms with van der Waals surface area (Å²) in [4.78, 5) is 29.6. The van der Waals surface area contributed by atoms with Crippen LogP contribution in [0, 0.1) is 20.8 Å². The van der Waals surface area contributed by atoms with Gasteiger partial charge in [0.1, 0.15) is 12.2 Å². The lowest BCUT2D eigenvalue weighted by molar-refractivity contribution is 0.0971. The predicted octanol–water partition coefficient (Wildman–Crippen LogP) is 7.06. The van der Waals surface area contributed by atoms with Gasteiger partial charge in [-0.25, -0.2) is 0 Å². The first-order valence-electron chi connectivity index (χ1n) is 13.2. The fraction of sp³-hybridized carbons (Fsp3) is 0.176. The van der Waals surface area contributed by atoms with Gasteiger partial charge in [-0.2, -0.15) is 0 Å². The molecule has 6 rings (SSSR count). The third kappa shape index (κ3) is 4.31. The quantitative estimate of drug-likeness (QED) is 0.235. The minimum absolute atomic E-state index is 0.0645. The molecule has 1 aliphatic heterocycles. The minimum atomic E-state index is -0.704. The summed E-state index contributed by atoms with van der Waals surface area (Å²) in [5, 5.41) is 0.459. The molecule has 1 atom stereocenters. The molecule has 0 saturated carbocycles. The molecule has 0 fully saturated rings. The van der Waals surface area contributed by atoms with Crippen molar-refractivity contribution in [1.29, 1.82) is 0 Å². The highest BCUT2D eigenvalue weighted by atomic mass is 16.5. The topological polar surface area (TPSA) is 69.0 Å². The highest BCUT2D eigenvalue weighted by Crippen LogP contribution is 2.43. The second kappa shape index (κ2) is 10.0. The Bertz CT molecular complexity index is 1810. The molecule has 0 spiro atoms. The Hall–Kier alpha value is -4.84. The number of hydrogen-bond donors (Lipinski definition) is 0. The van der Waals surface area contributed by atoms with Crippen molar-refractivity contribution in [2.75, 3.05) is 12.0 Å². The van der Waals surface area contributed by atoms with Crippen molar-refractivity contribution in [2.45, 2.75) is 33.4 Å². The summed E-state index contributed by atoms with van der Waals surface area (Å²) in [6.45, 7) is 6.29. The molecule has 5 aromatic rings. The third-order valence-corrected chi connectivity index (χ3v) is 7.54. The highest BCUT2D eigenvalue weighted by Gasteiger charge is 2.44. The predicted molar refractivity (Wildman–Crippen MR) is 156 cm³/mol. The first kappa shape index (κ1) is 25.4. The van der Waals surface area contributed by atoms with Crippen LogP contribution < -0.4 is 19.8 Å². The van der Waals surface area contributed by atoms with Crippen LogP contribution in [-0.4, -0.2) is 13.0 Å². The van der Waals surface area contributed by atoms with Gasteiger partial charge in [0, 0.05) is 5.69 Å². The van der Waals surface area contributed by atoms with Gasteiger partial charge in [0.15, 0.2) is 16.9 Å². The van der Waals surface area contributed by atoms with Crippen molar-refractivity contribution in [3.63, 3.8) is 0 Å². The molecule has 6 nitrogen and oxygen atoms in total. The molecule has 0 saturated heterocycles. The maximum atomic E-state index is 14.0. The number of aryl methyl sites for hydroxylation is 3. The minimum Gasteiger partial charge on any atom is -0.493 e. The zero-order chi connectivity index (χ0) is 28.0. The van der Waals surface area contributed by atoms with Gasteiger partial charge in [0.05, 0.1) is 24.1 Å². The van der Waals surface area contributed by atoms with Crippen molar-refractivity contribution in [3.8, 4) is 11.5 Å². The monoisotopic (exact) mass is 531 g/mol. The molecular formula is C34H29NO5. The Kier molecular flexibility index (Phi) is 6.39. The smallest absolute Gasteiger partial charge is 0.295 e. The maximum absolute atomic E-state index is 14.0. The zero-order valence-corrected chi connectivity index (χ0v) is 22.9. The van der Waals surface area contributed by atoms with Crippen LogP contribution in [0.25, 0.3) is 11.0 Å². The van der Waals surface area contributed by atoms with Crippen molar-refractivity contribution in [1.82, 2.24) is 0 Å². The van der Waals surface area contributed by atoms with Crippen LogP contribution in [0.15, 0.2) is 94.1 Å². The normalized spacial score (nSPS) is 14.4. The van der Waals surface area contributed by atoms with Crippen LogP contribution in [0.5, 0.6) is 11.5 Å². The molecule has 6 heteroatoms. The van der Waals surface area contributed by atoms with Crippen LogP contribution in [0.3, 0.4) is 0 Å². The molecule has 0 bridgehead atoms. The zero-order valence-electron chi connectivity index (χ0n) is 22.9. The van der Waals surface area contributed by atoms with Crippen molar-refractivity contribution in [3.05, 3.63) is 134 Å². The van der Waals surface area contributed by atoms with E-state index in [1.807, 2.05) is 106 Å². The molecule has 1 aliphatic rings. The second-order valence-electron chi connectivity index (χ2n) is 10.2. The summed E-state index contributed by atoms with van der Waals surface area (Å²) in [5.74, 6) is 0.784. The van der Waals surface area contributed by atoms with E-state index < -0.39 is 6.04 Å². The third-order valence-electron chi connectivity index (χ3n) is 7.54. The molecule has 40 heavy (non-hydrogen) atoms. The summed E-state index contributed by atoms with van der Waals surface area (Å²) in [6.07, 6.45) is 0. The van der Waals surface area contributed by atoms with Crippen molar-refractivity contribution >= 4 is 22.6 Å². The number of fused-ring (bicyclic) bond motifs is 2. The SMILES string of the molecule is COc1cc(C2c3c(oc4cc(C)c(C)cc4c3=O)C(=O)N2c2ccc(C)cc2)ccc1OCc1ccccc1. The van der Waals surface area contributed by atoms with Crippen molar-refractivity contribution < 1.29 is 18.7 Å². The maximum Gasteiger partial charge on any atom is 0.295 e. The fourth-order valence-electron chi connectivity index (χ4n) is 5.22. The molecule has 200 valence electrons. The molecule has 0 N–H and O–H groups in total. The largest absolute Gasteiger partial charge is 0.493 e. The van der Waals surface area contributed by atoms with E-state index in [0.717, 1.165) is 22.3 Å². The van der Waals surface area contributed by atoms with Gasteiger partial charge in [-0.15, -0.1) is 0 Å². The summed E-state index contributed by atoms with van der Waals surface area (Å²) in [5.41, 5.74) is 5.98. The lowest BCUT2D eigenvalue weighted by atomic mass is 9.96. The first-order valence-corrected chi connectivity index (χ1v) is 13.2. The fourth-order valence-corrected chi connectivity index (χ4v) is 5.22. The highest BCUT2D eigenvalue weighted by molar-refractivity contribution is 6.10. The average molecular weight is 532 g/mol. The van der Waals surface area contributed by atoms with E-state index in [2.05, 4.69) is 0 Å². The van der Waals surface area contributed by atoms with Gasteiger partial charge >= 0.3 is 0 Å². The lowest BCUT2D eigenvalue weighted by Gasteiger charge is -2.26. The number of anilines is 1. The van der Waals surface area contributed by atoms with Crippen LogP contribution in [-0.2, 0) is 6.61 Å². The van der Waals surface area contributed by atoms with E-state index in [4.69, 9.17) is 13.9 Å². The van der Waals surface area contributed by atoms with Gasteiger partial charge in [-0.1, -0.05) is 54.1 Å². The number of hydrogen-bond acceptors (Lipinski definition) is 5. The number of carbonyl (C=O) groups excluding carboxylic acids is 1. The first-order chi connectivity index (χ1) is 19.4. The summed E-state index contributed by atoms with van der Waals surface area (Å²) >= 11 is 0. The molecule has 1 unspecified atom stereocenters. The van der Waals surface area contributed by atoms with Gasteiger partial charge < -0.3 is 13.9 Å². The van der Waals surface area contributed by atoms with E-state index in [0.29, 0.717) is 45.9 Å². The van der Waals surface area contributed by atoms with E-state index in [9.17, 15) is 9.59 Å². The number of methoxy groups -OCH3 is 1. The summed E-state index contributed by atoms with van der Waals surface area (Å²) in [7, 11) is 1.58. The molecule has 2 heterocycles. The van der Waals surface area contributed by atoms with Crippen LogP contribution in [0.2, 0.25) is 0 Å². The van der Waals surface area contributed by atoms with E-state index in [1.54, 1.807) is 12.0 Å². The Labute approximate surface area is 232 Å². The number of ether oxygens (including phenoxy) is 2. The standard InChI is InChI=1S/C34H29NO5/c1-20-10-13-25(14-11-20)35-31(24-12-15-27(29(18-24)38-4)39-19-23-8-6-5-7-9-23)30-32(36)26-16-21(2)22(3)17-28(26)40-33(30)34(35)37/h5-18,31H,19H2,1-4H3. The van der Waals surface area contributed by atoms with Gasteiger partial charge in [0.25, 0.3) is 5.91 Å². The van der Waals surface area contributed by atoms with E-state index >= 15 is 0 Å². The lowest BCUT2D eigenvalue weighted by Crippen LogP contribution is -2.29. The van der Waals surface area contributed by atoms with Gasteiger partial charge in [-0.05, 0) is 79.4 Å². The van der Waals surface area contributed by atoms with Crippen LogP contribution in [0.4, 0.5) is 5.69 Å². The average Bonchev–Trinajstić information content (AvgIpc) is 3.26. The Balaban J connectivity index is 1.50. The number of benzene rings is 4. The van der Waals surface area contributed by atoms with Gasteiger partial charge in [-0.3, -0.25) is 14.5 Å². The number of carbonyl (C=O) groups is 1. The Morgan fingerprint density at radius 1 is 0.825 bits per heavy atom. The molecule has 0 aliphatic carbocycles. The molecule has 1 aromatic heterocycles. The molecule has 1 amide bonds. The van der Waals surface area contributed by atoms with E-state index in [1.165, 1.54) is 0 Å². The van der Waals surface area contributed by atoms with E-state index in [-0.39, 0.29) is 17.1 Å². The number of nitrogens with zero attached hydrogens (tertiary/aromatic N) is 1. The van der Waals surface area contributed by atoms with Gasteiger partial charge in [0.2, 0.25) is 5.76 Å². The molecule has 4 aromatic carbocycles. The summed E-state index contributed by atoms with van der Waals surface area (Å²) in [6, 6.07) is 26.0. The Morgan fingerprint density at radius 3 is 2.27 bits per heavy atom. The number of rotatable bonds is 6. The molecular weight excluding hydrogens is 502 g/mol. The second-order valence-corrected chi connectivity index (χ2v) is 10.2. The van der Waals surface area contributed by atoms with Crippen LogP contribution in [0.1, 0.15) is 50.0 Å². The molecule has 0 radical (unpaired) electrons.